The van der Waals surface area contributed by atoms with Crippen molar-refractivity contribution in [2.45, 2.75) is 20.0 Å². The third kappa shape index (κ3) is 2.43. The zero-order chi connectivity index (χ0) is 14.2. The molecule has 0 aliphatic carbocycles. The van der Waals surface area contributed by atoms with E-state index >= 15 is 0 Å². The molecule has 0 heterocycles. The average Bonchev–Trinajstić information content (AvgIpc) is 2.33. The normalized spacial score (nSPS) is 11.3. The number of anilines is 1. The van der Waals surface area contributed by atoms with Gasteiger partial charge in [-0.3, -0.25) is 0 Å². The summed E-state index contributed by atoms with van der Waals surface area (Å²) < 4.78 is 55.8. The monoisotopic (exact) mass is 273 g/mol. The molecule has 0 spiro atoms. The number of nitrogen functional groups attached to an aromatic ring is 1. The van der Waals surface area contributed by atoms with E-state index in [1.54, 1.807) is 6.92 Å². The summed E-state index contributed by atoms with van der Waals surface area (Å²) in [7, 11) is 0. The number of aryl methyl sites for hydroxylation is 1. The van der Waals surface area contributed by atoms with Gasteiger partial charge in [0.1, 0.15) is 0 Å². The van der Waals surface area contributed by atoms with Crippen LogP contribution in [-0.4, -0.2) is 6.61 Å². The van der Waals surface area contributed by atoms with Crippen molar-refractivity contribution >= 4 is 16.5 Å². The van der Waals surface area contributed by atoms with Gasteiger partial charge in [-0.1, -0.05) is 6.92 Å². The third-order valence-electron chi connectivity index (χ3n) is 2.78. The van der Waals surface area contributed by atoms with E-state index in [2.05, 4.69) is 4.74 Å². The van der Waals surface area contributed by atoms with Crippen LogP contribution in [0.4, 0.5) is 23.2 Å². The molecule has 0 atom stereocenters. The lowest BCUT2D eigenvalue weighted by atomic mass is 10.00. The molecule has 0 saturated carbocycles. The van der Waals surface area contributed by atoms with E-state index in [1.165, 1.54) is 12.1 Å². The van der Waals surface area contributed by atoms with Crippen molar-refractivity contribution in [3.05, 3.63) is 35.4 Å². The number of rotatable bonds is 3. The lowest BCUT2D eigenvalue weighted by molar-refractivity contribution is -0.0514. The van der Waals surface area contributed by atoms with Crippen molar-refractivity contribution in [1.29, 1.82) is 0 Å². The fourth-order valence-electron chi connectivity index (χ4n) is 2.04. The minimum atomic E-state index is -3.23. The topological polar surface area (TPSA) is 35.2 Å². The number of hydrogen-bond acceptors (Lipinski definition) is 2. The number of fused-ring (bicyclic) bond motifs is 1. The first kappa shape index (κ1) is 13.5. The van der Waals surface area contributed by atoms with Gasteiger partial charge in [0.05, 0.1) is 0 Å². The van der Waals surface area contributed by atoms with E-state index in [9.17, 15) is 17.6 Å². The van der Waals surface area contributed by atoms with Crippen molar-refractivity contribution in [3.63, 3.8) is 0 Å². The zero-order valence-corrected chi connectivity index (χ0v) is 10.0. The van der Waals surface area contributed by atoms with Gasteiger partial charge in [0.2, 0.25) is 5.82 Å². The van der Waals surface area contributed by atoms with Crippen molar-refractivity contribution in [3.8, 4) is 5.75 Å². The summed E-state index contributed by atoms with van der Waals surface area (Å²) in [4.78, 5) is 0. The molecule has 2 N–H and O–H groups in total. The van der Waals surface area contributed by atoms with Crippen LogP contribution in [0.25, 0.3) is 10.8 Å². The Balaban J connectivity index is 2.85. The van der Waals surface area contributed by atoms with Crippen LogP contribution < -0.4 is 10.5 Å². The van der Waals surface area contributed by atoms with Gasteiger partial charge in [-0.2, -0.15) is 13.2 Å². The van der Waals surface area contributed by atoms with Gasteiger partial charge in [0.15, 0.2) is 11.6 Å². The first-order valence-electron chi connectivity index (χ1n) is 5.59. The van der Waals surface area contributed by atoms with Crippen molar-refractivity contribution < 1.29 is 22.3 Å². The number of nitrogens with two attached hydrogens (primary N) is 1. The molecule has 0 unspecified atom stereocenters. The van der Waals surface area contributed by atoms with E-state index in [0.29, 0.717) is 17.7 Å². The van der Waals surface area contributed by atoms with Gasteiger partial charge < -0.3 is 10.5 Å². The van der Waals surface area contributed by atoms with Gasteiger partial charge in [-0.15, -0.1) is 0 Å². The highest BCUT2D eigenvalue weighted by molar-refractivity contribution is 5.94. The molecule has 0 fully saturated rings. The Labute approximate surface area is 106 Å². The number of hydrogen-bond donors (Lipinski definition) is 1. The summed E-state index contributed by atoms with van der Waals surface area (Å²) in [5.41, 5.74) is 6.50. The Kier molecular flexibility index (Phi) is 3.50. The van der Waals surface area contributed by atoms with Crippen LogP contribution in [0.15, 0.2) is 18.2 Å². The molecule has 0 bridgehead atoms. The second-order valence-corrected chi connectivity index (χ2v) is 4.01. The fraction of sp³-hybridized carbons (Fsp3) is 0.231. The van der Waals surface area contributed by atoms with E-state index in [4.69, 9.17) is 5.73 Å². The predicted molar refractivity (Wildman–Crippen MR) is 64.3 cm³/mol. The Hall–Kier alpha value is -1.98. The van der Waals surface area contributed by atoms with E-state index in [-0.39, 0.29) is 10.8 Å². The van der Waals surface area contributed by atoms with Crippen LogP contribution in [-0.2, 0) is 6.42 Å². The van der Waals surface area contributed by atoms with Gasteiger partial charge in [0, 0.05) is 11.1 Å². The van der Waals surface area contributed by atoms with Gasteiger partial charge in [-0.05, 0) is 35.6 Å². The van der Waals surface area contributed by atoms with Crippen LogP contribution >= 0.6 is 0 Å². The maximum atomic E-state index is 13.6. The van der Waals surface area contributed by atoms with Crippen LogP contribution in [0.2, 0.25) is 0 Å². The Morgan fingerprint density at radius 1 is 1.21 bits per heavy atom. The molecule has 0 aliphatic rings. The lowest BCUT2D eigenvalue weighted by Crippen LogP contribution is -2.06. The summed E-state index contributed by atoms with van der Waals surface area (Å²) in [6.45, 7) is -1.48. The van der Waals surface area contributed by atoms with Gasteiger partial charge in [0.25, 0.3) is 0 Å². The number of ether oxygens (including phenoxy) is 1. The van der Waals surface area contributed by atoms with E-state index in [1.807, 2.05) is 0 Å². The molecular formula is C13H11F4NO. The summed E-state index contributed by atoms with van der Waals surface area (Å²) >= 11 is 0. The third-order valence-corrected chi connectivity index (χ3v) is 2.78. The molecule has 0 radical (unpaired) electrons. The Morgan fingerprint density at radius 3 is 2.47 bits per heavy atom. The van der Waals surface area contributed by atoms with Crippen LogP contribution in [0.3, 0.4) is 0 Å². The highest BCUT2D eigenvalue weighted by atomic mass is 19.3. The zero-order valence-electron chi connectivity index (χ0n) is 10.0. The molecule has 19 heavy (non-hydrogen) atoms. The van der Waals surface area contributed by atoms with E-state index < -0.39 is 24.0 Å². The molecule has 0 amide bonds. The largest absolute Gasteiger partial charge is 0.431 e. The predicted octanol–water partition coefficient (Wildman–Crippen LogP) is 3.86. The molecule has 0 aromatic heterocycles. The SMILES string of the molecule is CCc1cc(N)cc2cc(F)c(F)c(OC(F)F)c12. The molecule has 0 saturated heterocycles. The van der Waals surface area contributed by atoms with Crippen molar-refractivity contribution in [2.24, 2.45) is 0 Å². The Bertz CT molecular complexity index is 628. The number of alkyl halides is 2. The minimum Gasteiger partial charge on any atom is -0.431 e. The molecule has 102 valence electrons. The van der Waals surface area contributed by atoms with Gasteiger partial charge in [-0.25, -0.2) is 4.39 Å². The van der Waals surface area contributed by atoms with Crippen LogP contribution in [0, 0.1) is 11.6 Å². The molecule has 2 aromatic carbocycles. The van der Waals surface area contributed by atoms with E-state index in [0.717, 1.165) is 6.07 Å². The van der Waals surface area contributed by atoms with Crippen LogP contribution in [0.5, 0.6) is 5.75 Å². The molecule has 2 rings (SSSR count). The summed E-state index contributed by atoms with van der Waals surface area (Å²) in [6.07, 6.45) is 0.423. The smallest absolute Gasteiger partial charge is 0.387 e. The maximum absolute atomic E-state index is 13.6. The van der Waals surface area contributed by atoms with Crippen LogP contribution in [0.1, 0.15) is 12.5 Å². The summed E-state index contributed by atoms with van der Waals surface area (Å²) in [6, 6.07) is 3.83. The first-order valence-corrected chi connectivity index (χ1v) is 5.59. The molecule has 0 aliphatic heterocycles. The first-order chi connectivity index (χ1) is 8.93. The summed E-state index contributed by atoms with van der Waals surface area (Å²) in [5, 5.41) is 0.349. The minimum absolute atomic E-state index is 0.121. The highest BCUT2D eigenvalue weighted by Crippen LogP contribution is 2.36. The maximum Gasteiger partial charge on any atom is 0.387 e. The Morgan fingerprint density at radius 2 is 1.89 bits per heavy atom. The van der Waals surface area contributed by atoms with Crippen molar-refractivity contribution in [1.82, 2.24) is 0 Å². The lowest BCUT2D eigenvalue weighted by Gasteiger charge is -2.14. The second-order valence-electron chi connectivity index (χ2n) is 4.01. The molecule has 6 heteroatoms. The highest BCUT2D eigenvalue weighted by Gasteiger charge is 2.20. The standard InChI is InChI=1S/C13H11F4NO/c1-2-6-3-8(18)4-7-5-9(14)11(15)12(10(6)7)19-13(16)17/h3-5,13H,2,18H2,1H3. The fourth-order valence-corrected chi connectivity index (χ4v) is 2.04. The number of benzene rings is 2. The summed E-state index contributed by atoms with van der Waals surface area (Å²) in [5.74, 6) is -3.45. The quantitative estimate of drug-likeness (QED) is 0.680. The molecular weight excluding hydrogens is 262 g/mol. The average molecular weight is 273 g/mol. The second kappa shape index (κ2) is 4.95. The number of halogens is 4. The molecule has 2 aromatic rings. The van der Waals surface area contributed by atoms with Crippen molar-refractivity contribution in [2.75, 3.05) is 5.73 Å². The molecule has 2 nitrogen and oxygen atoms in total. The van der Waals surface area contributed by atoms with Gasteiger partial charge >= 0.3 is 6.61 Å².